The molecule has 0 aliphatic rings. The minimum atomic E-state index is -0.754. The smallest absolute Gasteiger partial charge is 0.277 e. The molecular weight excluding hydrogens is 302 g/mol. The van der Waals surface area contributed by atoms with Crippen molar-refractivity contribution >= 4 is 12.1 Å². The Kier molecular flexibility index (Phi) is 5.80. The average Bonchev–Trinajstić information content (AvgIpc) is 2.55. The summed E-state index contributed by atoms with van der Waals surface area (Å²) in [5, 5.41) is 3.60. The van der Waals surface area contributed by atoms with Gasteiger partial charge in [0, 0.05) is 11.6 Å². The summed E-state index contributed by atoms with van der Waals surface area (Å²) in [6, 6.07) is 10.5. The second-order valence-corrected chi connectivity index (χ2v) is 4.75. The Balaban J connectivity index is 1.81. The van der Waals surface area contributed by atoms with Crippen LogP contribution in [0.1, 0.15) is 18.1 Å². The Hall–Kier alpha value is -2.76. The van der Waals surface area contributed by atoms with Crippen molar-refractivity contribution in [3.05, 3.63) is 65.2 Å². The van der Waals surface area contributed by atoms with Gasteiger partial charge in [-0.15, -0.1) is 0 Å². The first-order valence-corrected chi connectivity index (χ1v) is 7.07. The van der Waals surface area contributed by atoms with Crippen LogP contribution in [0.15, 0.2) is 47.6 Å². The molecule has 2 aromatic rings. The molecule has 0 aliphatic heterocycles. The van der Waals surface area contributed by atoms with Crippen LogP contribution in [0.4, 0.5) is 8.78 Å². The normalized spacial score (nSPS) is 10.7. The van der Waals surface area contributed by atoms with E-state index in [4.69, 9.17) is 4.74 Å². The van der Waals surface area contributed by atoms with E-state index in [-0.39, 0.29) is 12.2 Å². The lowest BCUT2D eigenvalue weighted by atomic mass is 10.2. The molecule has 4 nitrogen and oxygen atoms in total. The summed E-state index contributed by atoms with van der Waals surface area (Å²) in [5.74, 6) is -1.34. The van der Waals surface area contributed by atoms with Crippen LogP contribution in [-0.2, 0) is 11.2 Å². The number of nitrogens with one attached hydrogen (secondary N) is 1. The molecule has 1 N–H and O–H groups in total. The monoisotopic (exact) mass is 318 g/mol. The van der Waals surface area contributed by atoms with Gasteiger partial charge in [0.1, 0.15) is 17.4 Å². The summed E-state index contributed by atoms with van der Waals surface area (Å²) in [6.45, 7) is 1.83. The van der Waals surface area contributed by atoms with E-state index < -0.39 is 17.5 Å². The Labute approximate surface area is 132 Å². The molecule has 0 aromatic heterocycles. The number of hydrogen-bond donors (Lipinski definition) is 1. The van der Waals surface area contributed by atoms with Gasteiger partial charge in [-0.1, -0.05) is 19.1 Å². The minimum absolute atomic E-state index is 0.0720. The fraction of sp³-hybridized carbons (Fsp3) is 0.176. The molecule has 0 radical (unpaired) electrons. The van der Waals surface area contributed by atoms with Crippen LogP contribution < -0.4 is 10.2 Å². The lowest BCUT2D eigenvalue weighted by molar-refractivity contribution is -0.123. The van der Waals surface area contributed by atoms with Gasteiger partial charge in [0.15, 0.2) is 6.61 Å². The third kappa shape index (κ3) is 5.18. The Bertz CT molecular complexity index is 700. The van der Waals surface area contributed by atoms with Gasteiger partial charge >= 0.3 is 0 Å². The molecule has 1 amide bonds. The maximum absolute atomic E-state index is 13.3. The molecule has 0 aliphatic carbocycles. The molecule has 0 atom stereocenters. The molecule has 0 spiro atoms. The van der Waals surface area contributed by atoms with Crippen LogP contribution in [-0.4, -0.2) is 18.7 Å². The van der Waals surface area contributed by atoms with Crippen LogP contribution in [0.5, 0.6) is 5.75 Å². The number of carbonyl (C=O) groups excluding carboxylic acids is 1. The molecule has 0 heterocycles. The van der Waals surface area contributed by atoms with Crippen LogP contribution in [0.2, 0.25) is 0 Å². The standard InChI is InChI=1S/C17H16F2N2O2/c1-2-12-3-7-15(8-4-12)23-11-17(22)21-20-10-13-5-6-14(18)9-16(13)19/h3-10H,2,11H2,1H3,(H,21,22)/b20-10-. The second-order valence-electron chi connectivity index (χ2n) is 4.75. The quantitative estimate of drug-likeness (QED) is 0.657. The van der Waals surface area contributed by atoms with Crippen molar-refractivity contribution in [2.45, 2.75) is 13.3 Å². The number of aryl methyl sites for hydroxylation is 1. The maximum Gasteiger partial charge on any atom is 0.277 e. The molecule has 2 rings (SSSR count). The highest BCUT2D eigenvalue weighted by Crippen LogP contribution is 2.12. The summed E-state index contributed by atoms with van der Waals surface area (Å²) in [7, 11) is 0. The zero-order chi connectivity index (χ0) is 16.7. The minimum Gasteiger partial charge on any atom is -0.484 e. The number of carbonyl (C=O) groups is 1. The first-order valence-electron chi connectivity index (χ1n) is 7.07. The zero-order valence-corrected chi connectivity index (χ0v) is 12.6. The van der Waals surface area contributed by atoms with Crippen molar-refractivity contribution < 1.29 is 18.3 Å². The van der Waals surface area contributed by atoms with E-state index in [0.717, 1.165) is 24.8 Å². The second kappa shape index (κ2) is 8.03. The SMILES string of the molecule is CCc1ccc(OCC(=O)N/N=C\c2ccc(F)cc2F)cc1. The first-order chi connectivity index (χ1) is 11.1. The van der Waals surface area contributed by atoms with Crippen molar-refractivity contribution in [1.29, 1.82) is 0 Å². The van der Waals surface area contributed by atoms with Crippen molar-refractivity contribution in [2.24, 2.45) is 5.10 Å². The van der Waals surface area contributed by atoms with E-state index in [0.29, 0.717) is 5.75 Å². The number of halogens is 2. The Morgan fingerprint density at radius 1 is 1.22 bits per heavy atom. The Morgan fingerprint density at radius 3 is 2.61 bits per heavy atom. The number of rotatable bonds is 6. The van der Waals surface area contributed by atoms with E-state index in [1.165, 1.54) is 11.6 Å². The molecule has 0 unspecified atom stereocenters. The molecule has 6 heteroatoms. The van der Waals surface area contributed by atoms with E-state index in [1.807, 2.05) is 19.1 Å². The van der Waals surface area contributed by atoms with Gasteiger partial charge in [-0.3, -0.25) is 4.79 Å². The largest absolute Gasteiger partial charge is 0.484 e. The number of hydrogen-bond acceptors (Lipinski definition) is 3. The van der Waals surface area contributed by atoms with Crippen molar-refractivity contribution in [1.82, 2.24) is 5.43 Å². The van der Waals surface area contributed by atoms with Crippen molar-refractivity contribution in [3.63, 3.8) is 0 Å². The van der Waals surface area contributed by atoms with E-state index >= 15 is 0 Å². The summed E-state index contributed by atoms with van der Waals surface area (Å²) in [6.07, 6.45) is 2.03. The summed E-state index contributed by atoms with van der Waals surface area (Å²) in [5.41, 5.74) is 3.46. The summed E-state index contributed by atoms with van der Waals surface area (Å²) >= 11 is 0. The van der Waals surface area contributed by atoms with Gasteiger partial charge in [-0.05, 0) is 36.2 Å². The van der Waals surface area contributed by atoms with Gasteiger partial charge in [0.25, 0.3) is 5.91 Å². The molecule has 2 aromatic carbocycles. The van der Waals surface area contributed by atoms with Crippen molar-refractivity contribution in [3.8, 4) is 5.75 Å². The van der Waals surface area contributed by atoms with Gasteiger partial charge in [-0.2, -0.15) is 5.10 Å². The van der Waals surface area contributed by atoms with Crippen LogP contribution in [0.25, 0.3) is 0 Å². The topological polar surface area (TPSA) is 50.7 Å². The highest BCUT2D eigenvalue weighted by atomic mass is 19.1. The fourth-order valence-corrected chi connectivity index (χ4v) is 1.78. The number of amides is 1. The maximum atomic E-state index is 13.3. The molecule has 0 saturated heterocycles. The summed E-state index contributed by atoms with van der Waals surface area (Å²) in [4.78, 5) is 11.6. The number of benzene rings is 2. The third-order valence-electron chi connectivity index (χ3n) is 3.06. The van der Waals surface area contributed by atoms with E-state index in [1.54, 1.807) is 12.1 Å². The van der Waals surface area contributed by atoms with Gasteiger partial charge in [0.2, 0.25) is 0 Å². The van der Waals surface area contributed by atoms with Gasteiger partial charge < -0.3 is 4.74 Å². The van der Waals surface area contributed by atoms with Crippen molar-refractivity contribution in [2.75, 3.05) is 6.61 Å². The Morgan fingerprint density at radius 2 is 1.96 bits per heavy atom. The molecular formula is C17H16F2N2O2. The van der Waals surface area contributed by atoms with E-state index in [2.05, 4.69) is 10.5 Å². The zero-order valence-electron chi connectivity index (χ0n) is 12.6. The molecule has 23 heavy (non-hydrogen) atoms. The molecule has 0 fully saturated rings. The average molecular weight is 318 g/mol. The first kappa shape index (κ1) is 16.6. The summed E-state index contributed by atoms with van der Waals surface area (Å²) < 4.78 is 31.4. The van der Waals surface area contributed by atoms with Gasteiger partial charge in [0.05, 0.1) is 6.21 Å². The lowest BCUT2D eigenvalue weighted by Crippen LogP contribution is -2.24. The molecule has 0 saturated carbocycles. The number of hydrazone groups is 1. The van der Waals surface area contributed by atoms with Crippen LogP contribution in [0, 0.1) is 11.6 Å². The van der Waals surface area contributed by atoms with Crippen LogP contribution >= 0.6 is 0 Å². The number of nitrogens with zero attached hydrogens (tertiary/aromatic N) is 1. The van der Waals surface area contributed by atoms with E-state index in [9.17, 15) is 13.6 Å². The predicted octanol–water partition coefficient (Wildman–Crippen LogP) is 3.06. The van der Waals surface area contributed by atoms with Gasteiger partial charge in [-0.25, -0.2) is 14.2 Å². The number of ether oxygens (including phenoxy) is 1. The lowest BCUT2D eigenvalue weighted by Gasteiger charge is -2.05. The fourth-order valence-electron chi connectivity index (χ4n) is 1.78. The molecule has 120 valence electrons. The highest BCUT2D eigenvalue weighted by Gasteiger charge is 2.03. The van der Waals surface area contributed by atoms with Crippen LogP contribution in [0.3, 0.4) is 0 Å². The predicted molar refractivity (Wildman–Crippen MR) is 83.4 cm³/mol. The third-order valence-corrected chi connectivity index (χ3v) is 3.06. The molecule has 0 bridgehead atoms. The highest BCUT2D eigenvalue weighted by molar-refractivity contribution is 5.83.